The number of hydrogen-bond donors (Lipinski definition) is 3. The molecule has 0 radical (unpaired) electrons. The fourth-order valence-electron chi connectivity index (χ4n) is 1.34. The third-order valence-corrected chi connectivity index (χ3v) is 2.26. The lowest BCUT2D eigenvalue weighted by atomic mass is 9.98. The van der Waals surface area contributed by atoms with Crippen molar-refractivity contribution in [2.24, 2.45) is 5.73 Å². The van der Waals surface area contributed by atoms with Gasteiger partial charge in [-0.1, -0.05) is 0 Å². The zero-order valence-corrected chi connectivity index (χ0v) is 8.29. The zero-order valence-electron chi connectivity index (χ0n) is 8.29. The average Bonchev–Trinajstić information content (AvgIpc) is 2.10. The van der Waals surface area contributed by atoms with E-state index in [0.29, 0.717) is 5.56 Å². The predicted molar refractivity (Wildman–Crippen MR) is 54.2 cm³/mol. The van der Waals surface area contributed by atoms with Crippen molar-refractivity contribution in [2.45, 2.75) is 26.0 Å². The molecule has 0 spiro atoms. The van der Waals surface area contributed by atoms with Crippen LogP contribution in [0.1, 0.15) is 24.1 Å². The third kappa shape index (κ3) is 2.02. The molecule has 0 aromatic heterocycles. The van der Waals surface area contributed by atoms with Crippen LogP contribution < -0.4 is 11.5 Å². The first-order chi connectivity index (χ1) is 6.43. The van der Waals surface area contributed by atoms with E-state index in [-0.39, 0.29) is 5.69 Å². The topological polar surface area (TPSA) is 72.3 Å². The smallest absolute Gasteiger partial charge is 0.146 e. The van der Waals surface area contributed by atoms with Gasteiger partial charge in [0.2, 0.25) is 0 Å². The molecule has 2 atom stereocenters. The van der Waals surface area contributed by atoms with Crippen molar-refractivity contribution in [1.29, 1.82) is 0 Å². The molecule has 4 heteroatoms. The first-order valence-corrected chi connectivity index (χ1v) is 4.42. The van der Waals surface area contributed by atoms with Gasteiger partial charge in [0, 0.05) is 0 Å². The monoisotopic (exact) mass is 198 g/mol. The molecule has 0 aliphatic heterocycles. The Labute approximate surface area is 82.5 Å². The Morgan fingerprint density at radius 3 is 2.50 bits per heavy atom. The van der Waals surface area contributed by atoms with E-state index in [2.05, 4.69) is 0 Å². The fourth-order valence-corrected chi connectivity index (χ4v) is 1.34. The van der Waals surface area contributed by atoms with Gasteiger partial charge >= 0.3 is 0 Å². The van der Waals surface area contributed by atoms with E-state index in [4.69, 9.17) is 11.5 Å². The van der Waals surface area contributed by atoms with Gasteiger partial charge in [0.15, 0.2) is 0 Å². The van der Waals surface area contributed by atoms with E-state index < -0.39 is 18.0 Å². The SMILES string of the molecule is Cc1cc(N)c(F)cc1[C@H](N)[C@@H](C)O. The zero-order chi connectivity index (χ0) is 10.9. The summed E-state index contributed by atoms with van der Waals surface area (Å²) in [5, 5.41) is 9.28. The molecule has 1 rings (SSSR count). The van der Waals surface area contributed by atoms with Gasteiger partial charge in [0.05, 0.1) is 17.8 Å². The van der Waals surface area contributed by atoms with Gasteiger partial charge < -0.3 is 16.6 Å². The van der Waals surface area contributed by atoms with Crippen LogP contribution in [-0.2, 0) is 0 Å². The maximum Gasteiger partial charge on any atom is 0.146 e. The molecule has 0 aliphatic carbocycles. The second-order valence-electron chi connectivity index (χ2n) is 3.50. The van der Waals surface area contributed by atoms with Gasteiger partial charge in [0.1, 0.15) is 5.82 Å². The quantitative estimate of drug-likeness (QED) is 0.623. The summed E-state index contributed by atoms with van der Waals surface area (Å²) in [5.41, 5.74) is 12.6. The lowest BCUT2D eigenvalue weighted by Gasteiger charge is -2.18. The van der Waals surface area contributed by atoms with E-state index in [1.54, 1.807) is 13.8 Å². The van der Waals surface area contributed by atoms with Crippen molar-refractivity contribution in [2.75, 3.05) is 5.73 Å². The molecule has 0 fully saturated rings. The molecule has 5 N–H and O–H groups in total. The number of hydrogen-bond acceptors (Lipinski definition) is 3. The molecule has 0 heterocycles. The van der Waals surface area contributed by atoms with Crippen LogP contribution in [0.25, 0.3) is 0 Å². The van der Waals surface area contributed by atoms with Crippen LogP contribution >= 0.6 is 0 Å². The Morgan fingerprint density at radius 2 is 2.00 bits per heavy atom. The number of aliphatic hydroxyl groups excluding tert-OH is 1. The van der Waals surface area contributed by atoms with Crippen LogP contribution in [0.3, 0.4) is 0 Å². The summed E-state index contributed by atoms with van der Waals surface area (Å²) in [4.78, 5) is 0. The number of rotatable bonds is 2. The Balaban J connectivity index is 3.15. The molecular formula is C10H15FN2O. The molecule has 0 unspecified atom stereocenters. The van der Waals surface area contributed by atoms with Crippen molar-refractivity contribution >= 4 is 5.69 Å². The minimum Gasteiger partial charge on any atom is -0.396 e. The number of aryl methyl sites for hydroxylation is 1. The Kier molecular flexibility index (Phi) is 3.08. The summed E-state index contributed by atoms with van der Waals surface area (Å²) >= 11 is 0. The number of nitrogen functional groups attached to an aromatic ring is 1. The normalized spacial score (nSPS) is 15.2. The number of nitrogens with two attached hydrogens (primary N) is 2. The van der Waals surface area contributed by atoms with E-state index in [9.17, 15) is 9.50 Å². The minimum atomic E-state index is -0.711. The molecule has 78 valence electrons. The fraction of sp³-hybridized carbons (Fsp3) is 0.400. The Bertz CT molecular complexity index is 339. The lowest BCUT2D eigenvalue weighted by Crippen LogP contribution is -2.24. The first kappa shape index (κ1) is 10.9. The van der Waals surface area contributed by atoms with Crippen LogP contribution in [0.15, 0.2) is 12.1 Å². The molecule has 1 aromatic rings. The largest absolute Gasteiger partial charge is 0.396 e. The molecular weight excluding hydrogens is 183 g/mol. The summed E-state index contributed by atoms with van der Waals surface area (Å²) < 4.78 is 13.1. The number of anilines is 1. The number of benzene rings is 1. The van der Waals surface area contributed by atoms with Crippen LogP contribution in [-0.4, -0.2) is 11.2 Å². The van der Waals surface area contributed by atoms with E-state index in [1.165, 1.54) is 12.1 Å². The first-order valence-electron chi connectivity index (χ1n) is 4.42. The second kappa shape index (κ2) is 3.94. The standard InChI is InChI=1S/C10H15FN2O/c1-5-3-9(12)8(11)4-7(5)10(13)6(2)14/h3-4,6,10,14H,12-13H2,1-2H3/t6-,10-/m1/s1. The van der Waals surface area contributed by atoms with Gasteiger partial charge in [-0.3, -0.25) is 0 Å². The highest BCUT2D eigenvalue weighted by Crippen LogP contribution is 2.23. The minimum absolute atomic E-state index is 0.101. The maximum absolute atomic E-state index is 13.1. The highest BCUT2D eigenvalue weighted by molar-refractivity contribution is 5.46. The van der Waals surface area contributed by atoms with E-state index in [1.807, 2.05) is 0 Å². The van der Waals surface area contributed by atoms with Crippen LogP contribution in [0.2, 0.25) is 0 Å². The van der Waals surface area contributed by atoms with E-state index in [0.717, 1.165) is 5.56 Å². The van der Waals surface area contributed by atoms with Gasteiger partial charge in [-0.25, -0.2) is 4.39 Å². The van der Waals surface area contributed by atoms with Crippen LogP contribution in [0, 0.1) is 12.7 Å². The average molecular weight is 198 g/mol. The molecule has 14 heavy (non-hydrogen) atoms. The van der Waals surface area contributed by atoms with Gasteiger partial charge in [-0.2, -0.15) is 0 Å². The van der Waals surface area contributed by atoms with Crippen LogP contribution in [0.4, 0.5) is 10.1 Å². The molecule has 0 saturated carbocycles. The number of halogens is 1. The predicted octanol–water partition coefficient (Wildman–Crippen LogP) is 1.10. The van der Waals surface area contributed by atoms with Crippen molar-refractivity contribution < 1.29 is 9.50 Å². The molecule has 1 aromatic carbocycles. The summed E-state index contributed by atoms with van der Waals surface area (Å²) in [7, 11) is 0. The summed E-state index contributed by atoms with van der Waals surface area (Å²) in [6.07, 6.45) is -0.711. The second-order valence-corrected chi connectivity index (χ2v) is 3.50. The number of aliphatic hydroxyl groups is 1. The van der Waals surface area contributed by atoms with Crippen LogP contribution in [0.5, 0.6) is 0 Å². The maximum atomic E-state index is 13.1. The van der Waals surface area contributed by atoms with E-state index >= 15 is 0 Å². The molecule has 3 nitrogen and oxygen atoms in total. The molecule has 0 aliphatic rings. The lowest BCUT2D eigenvalue weighted by molar-refractivity contribution is 0.164. The molecule has 0 saturated heterocycles. The Hall–Kier alpha value is -1.13. The molecule has 0 bridgehead atoms. The van der Waals surface area contributed by atoms with Gasteiger partial charge in [0.25, 0.3) is 0 Å². The highest BCUT2D eigenvalue weighted by Gasteiger charge is 2.16. The Morgan fingerprint density at radius 1 is 1.43 bits per heavy atom. The summed E-state index contributed by atoms with van der Waals surface area (Å²) in [5.74, 6) is -0.498. The third-order valence-electron chi connectivity index (χ3n) is 2.26. The van der Waals surface area contributed by atoms with Gasteiger partial charge in [-0.15, -0.1) is 0 Å². The van der Waals surface area contributed by atoms with Crippen molar-refractivity contribution in [1.82, 2.24) is 0 Å². The summed E-state index contributed by atoms with van der Waals surface area (Å²) in [6, 6.07) is 2.22. The summed E-state index contributed by atoms with van der Waals surface area (Å²) in [6.45, 7) is 3.35. The van der Waals surface area contributed by atoms with Crippen molar-refractivity contribution in [3.05, 3.63) is 29.1 Å². The van der Waals surface area contributed by atoms with Crippen molar-refractivity contribution in [3.63, 3.8) is 0 Å². The highest BCUT2D eigenvalue weighted by atomic mass is 19.1. The molecule has 0 amide bonds. The van der Waals surface area contributed by atoms with Gasteiger partial charge in [-0.05, 0) is 37.1 Å². The van der Waals surface area contributed by atoms with Crippen molar-refractivity contribution in [3.8, 4) is 0 Å².